The summed E-state index contributed by atoms with van der Waals surface area (Å²) >= 11 is 0. The lowest BCUT2D eigenvalue weighted by atomic mass is 10.1. The summed E-state index contributed by atoms with van der Waals surface area (Å²) in [4.78, 5) is 13.7. The van der Waals surface area contributed by atoms with Crippen LogP contribution in [0.25, 0.3) is 0 Å². The van der Waals surface area contributed by atoms with Crippen LogP contribution < -0.4 is 5.32 Å². The number of nitrogens with zero attached hydrogens (tertiary/aromatic N) is 1. The van der Waals surface area contributed by atoms with E-state index in [4.69, 9.17) is 9.47 Å². The highest BCUT2D eigenvalue weighted by Gasteiger charge is 2.20. The normalized spacial score (nSPS) is 11.3. The third kappa shape index (κ3) is 8.00. The molecule has 1 rings (SSSR count). The molecular weight excluding hydrogens is 292 g/mol. The second kappa shape index (κ2) is 9.53. The topological polar surface area (TPSA) is 50.8 Å². The number of likely N-dealkylation sites (N-methyl/N-ethyl adjacent to an activating group) is 1. The van der Waals surface area contributed by atoms with Gasteiger partial charge in [0.1, 0.15) is 5.60 Å². The Balaban J connectivity index is 2.37. The van der Waals surface area contributed by atoms with Gasteiger partial charge in [0.05, 0.1) is 6.61 Å². The number of hydrogen-bond donors (Lipinski definition) is 1. The number of benzene rings is 1. The van der Waals surface area contributed by atoms with E-state index in [0.29, 0.717) is 19.7 Å². The maximum Gasteiger partial charge on any atom is 0.410 e. The highest BCUT2D eigenvalue weighted by Crippen LogP contribution is 2.10. The molecule has 0 spiro atoms. The summed E-state index contributed by atoms with van der Waals surface area (Å²) < 4.78 is 10.5. The summed E-state index contributed by atoms with van der Waals surface area (Å²) in [7, 11) is 1.70. The minimum Gasteiger partial charge on any atom is -0.444 e. The van der Waals surface area contributed by atoms with Crippen LogP contribution in [0, 0.1) is 0 Å². The van der Waals surface area contributed by atoms with Crippen LogP contribution in [0.5, 0.6) is 0 Å². The minimum atomic E-state index is -0.459. The molecule has 0 aliphatic rings. The summed E-state index contributed by atoms with van der Waals surface area (Å²) in [6, 6.07) is 8.29. The molecular formula is C18H30N2O3. The van der Waals surface area contributed by atoms with Gasteiger partial charge >= 0.3 is 6.09 Å². The Bertz CT molecular complexity index is 483. The van der Waals surface area contributed by atoms with Gasteiger partial charge in [0.25, 0.3) is 0 Å². The summed E-state index contributed by atoms with van der Waals surface area (Å²) in [6.07, 6.45) is -0.260. The summed E-state index contributed by atoms with van der Waals surface area (Å²) in [5, 5.41) is 3.36. The Morgan fingerprint density at radius 3 is 2.57 bits per heavy atom. The fraction of sp³-hybridized carbons (Fsp3) is 0.611. The molecule has 0 heterocycles. The number of rotatable bonds is 8. The summed E-state index contributed by atoms with van der Waals surface area (Å²) in [5.41, 5.74) is 1.91. The second-order valence-corrected chi connectivity index (χ2v) is 6.49. The molecule has 0 aliphatic heterocycles. The van der Waals surface area contributed by atoms with E-state index in [1.54, 1.807) is 12.0 Å². The van der Waals surface area contributed by atoms with Crippen LogP contribution >= 0.6 is 0 Å². The molecule has 0 bridgehead atoms. The van der Waals surface area contributed by atoms with Gasteiger partial charge in [0.2, 0.25) is 0 Å². The quantitative estimate of drug-likeness (QED) is 0.747. The average molecular weight is 322 g/mol. The zero-order valence-corrected chi connectivity index (χ0v) is 15.0. The Hall–Kier alpha value is -1.59. The van der Waals surface area contributed by atoms with E-state index in [1.807, 2.05) is 39.8 Å². The van der Waals surface area contributed by atoms with Crippen LogP contribution in [-0.2, 0) is 22.6 Å². The monoisotopic (exact) mass is 322 g/mol. The van der Waals surface area contributed by atoms with Gasteiger partial charge in [-0.2, -0.15) is 0 Å². The van der Waals surface area contributed by atoms with Crippen molar-refractivity contribution in [2.45, 2.75) is 46.4 Å². The van der Waals surface area contributed by atoms with Crippen LogP contribution in [0.3, 0.4) is 0 Å². The number of carbonyl (C=O) groups is 1. The van der Waals surface area contributed by atoms with E-state index in [1.165, 1.54) is 5.56 Å². The Morgan fingerprint density at radius 2 is 1.96 bits per heavy atom. The van der Waals surface area contributed by atoms with E-state index >= 15 is 0 Å². The van der Waals surface area contributed by atoms with Crippen molar-refractivity contribution in [2.24, 2.45) is 0 Å². The predicted molar refractivity (Wildman–Crippen MR) is 92.3 cm³/mol. The molecule has 5 heteroatoms. The molecule has 0 atom stereocenters. The molecule has 0 aromatic heterocycles. The molecule has 23 heavy (non-hydrogen) atoms. The molecule has 0 saturated carbocycles. The Labute approximate surface area is 140 Å². The van der Waals surface area contributed by atoms with Crippen molar-refractivity contribution < 1.29 is 14.3 Å². The van der Waals surface area contributed by atoms with E-state index in [2.05, 4.69) is 17.4 Å². The molecule has 130 valence electrons. The van der Waals surface area contributed by atoms with Gasteiger partial charge in [0.15, 0.2) is 0 Å². The highest BCUT2D eigenvalue weighted by atomic mass is 16.6. The van der Waals surface area contributed by atoms with Crippen molar-refractivity contribution in [3.05, 3.63) is 35.4 Å². The van der Waals surface area contributed by atoms with Gasteiger partial charge in [-0.05, 0) is 38.8 Å². The number of hydrogen-bond acceptors (Lipinski definition) is 4. The number of methoxy groups -OCH3 is 1. The average Bonchev–Trinajstić information content (AvgIpc) is 2.46. The number of ether oxygens (including phenoxy) is 2. The Kier molecular flexibility index (Phi) is 8.06. The van der Waals surface area contributed by atoms with Gasteiger partial charge < -0.3 is 19.7 Å². The van der Waals surface area contributed by atoms with Gasteiger partial charge in [0, 0.05) is 33.3 Å². The van der Waals surface area contributed by atoms with Crippen LogP contribution in [0.1, 0.15) is 38.8 Å². The standard InChI is InChI=1S/C18H30N2O3/c1-6-20(17(21)23-18(2,3)4)11-10-19-13-15-8-7-9-16(12-15)14-22-5/h7-9,12,19H,6,10-11,13-14H2,1-5H3. The third-order valence-corrected chi connectivity index (χ3v) is 3.22. The molecule has 1 N–H and O–H groups in total. The molecule has 0 fully saturated rings. The maximum absolute atomic E-state index is 12.0. The van der Waals surface area contributed by atoms with Crippen LogP contribution in [0.2, 0.25) is 0 Å². The molecule has 5 nitrogen and oxygen atoms in total. The zero-order chi connectivity index (χ0) is 17.3. The van der Waals surface area contributed by atoms with Crippen molar-refractivity contribution in [1.29, 1.82) is 0 Å². The fourth-order valence-electron chi connectivity index (χ4n) is 2.15. The molecule has 0 radical (unpaired) electrons. The summed E-state index contributed by atoms with van der Waals surface area (Å²) in [5.74, 6) is 0. The van der Waals surface area contributed by atoms with Crippen molar-refractivity contribution in [2.75, 3.05) is 26.7 Å². The second-order valence-electron chi connectivity index (χ2n) is 6.49. The first kappa shape index (κ1) is 19.5. The lowest BCUT2D eigenvalue weighted by molar-refractivity contribution is 0.0262. The van der Waals surface area contributed by atoms with E-state index in [-0.39, 0.29) is 6.09 Å². The van der Waals surface area contributed by atoms with Crippen LogP contribution in [0.15, 0.2) is 24.3 Å². The molecule has 0 unspecified atom stereocenters. The van der Waals surface area contributed by atoms with E-state index in [9.17, 15) is 4.79 Å². The van der Waals surface area contributed by atoms with Gasteiger partial charge in [-0.1, -0.05) is 24.3 Å². The first-order chi connectivity index (χ1) is 10.9. The van der Waals surface area contributed by atoms with Crippen LogP contribution in [-0.4, -0.2) is 43.3 Å². The number of carbonyl (C=O) groups excluding carboxylic acids is 1. The van der Waals surface area contributed by atoms with Gasteiger partial charge in [-0.3, -0.25) is 0 Å². The largest absolute Gasteiger partial charge is 0.444 e. The fourth-order valence-corrected chi connectivity index (χ4v) is 2.15. The molecule has 1 aromatic rings. The van der Waals surface area contributed by atoms with Gasteiger partial charge in [-0.25, -0.2) is 4.79 Å². The molecule has 0 saturated heterocycles. The first-order valence-electron chi connectivity index (χ1n) is 8.11. The Morgan fingerprint density at radius 1 is 1.26 bits per heavy atom. The molecule has 1 amide bonds. The highest BCUT2D eigenvalue weighted by molar-refractivity contribution is 5.68. The SMILES string of the molecule is CCN(CCNCc1cccc(COC)c1)C(=O)OC(C)(C)C. The minimum absolute atomic E-state index is 0.260. The lowest BCUT2D eigenvalue weighted by Gasteiger charge is -2.26. The zero-order valence-electron chi connectivity index (χ0n) is 15.0. The first-order valence-corrected chi connectivity index (χ1v) is 8.11. The van der Waals surface area contributed by atoms with E-state index < -0.39 is 5.60 Å². The van der Waals surface area contributed by atoms with E-state index in [0.717, 1.165) is 18.7 Å². The van der Waals surface area contributed by atoms with Crippen molar-refractivity contribution in [3.63, 3.8) is 0 Å². The maximum atomic E-state index is 12.0. The van der Waals surface area contributed by atoms with Crippen molar-refractivity contribution in [3.8, 4) is 0 Å². The van der Waals surface area contributed by atoms with Crippen LogP contribution in [0.4, 0.5) is 4.79 Å². The molecule has 0 aliphatic carbocycles. The number of amides is 1. The predicted octanol–water partition coefficient (Wildman–Crippen LogP) is 3.18. The lowest BCUT2D eigenvalue weighted by Crippen LogP contribution is -2.40. The smallest absolute Gasteiger partial charge is 0.410 e. The van der Waals surface area contributed by atoms with Gasteiger partial charge in [-0.15, -0.1) is 0 Å². The summed E-state index contributed by atoms with van der Waals surface area (Å²) in [6.45, 7) is 11.0. The third-order valence-electron chi connectivity index (χ3n) is 3.22. The molecule has 1 aromatic carbocycles. The number of nitrogens with one attached hydrogen (secondary N) is 1. The van der Waals surface area contributed by atoms with Crippen molar-refractivity contribution >= 4 is 6.09 Å². The van der Waals surface area contributed by atoms with Crippen molar-refractivity contribution in [1.82, 2.24) is 10.2 Å².